The van der Waals surface area contributed by atoms with Crippen LogP contribution in [0.5, 0.6) is 0 Å². The van der Waals surface area contributed by atoms with Crippen molar-refractivity contribution in [1.82, 2.24) is 5.32 Å². The summed E-state index contributed by atoms with van der Waals surface area (Å²) in [5.74, 6) is 0.0577. The number of nitrogens with zero attached hydrogens (tertiary/aromatic N) is 1. The van der Waals surface area contributed by atoms with Crippen LogP contribution >= 0.6 is 0 Å². The van der Waals surface area contributed by atoms with Gasteiger partial charge in [-0.1, -0.05) is 12.1 Å². The second-order valence-corrected chi connectivity index (χ2v) is 4.85. The molecule has 0 radical (unpaired) electrons. The molecule has 0 spiro atoms. The summed E-state index contributed by atoms with van der Waals surface area (Å²) < 4.78 is 0. The summed E-state index contributed by atoms with van der Waals surface area (Å²) in [5, 5.41) is 10.8. The molecule has 1 aromatic rings. The van der Waals surface area contributed by atoms with Crippen LogP contribution in [-0.2, 0) is 4.79 Å². The molecule has 2 N–H and O–H groups in total. The molecular weight excluding hydrogens is 238 g/mol. The quantitative estimate of drug-likeness (QED) is 0.605. The van der Waals surface area contributed by atoms with E-state index in [9.17, 15) is 4.79 Å². The van der Waals surface area contributed by atoms with E-state index in [2.05, 4.69) is 34.5 Å². The second-order valence-electron chi connectivity index (χ2n) is 4.85. The first-order valence-corrected chi connectivity index (χ1v) is 6.85. The minimum atomic E-state index is 0.0577. The molecule has 4 heteroatoms. The molecule has 0 aromatic heterocycles. The Bertz CT molecular complexity index is 410. The first-order chi connectivity index (χ1) is 9.35. The van der Waals surface area contributed by atoms with Gasteiger partial charge in [0.05, 0.1) is 0 Å². The molecule has 1 atom stereocenters. The second kappa shape index (κ2) is 7.04. The van der Waals surface area contributed by atoms with E-state index in [1.54, 1.807) is 0 Å². The fourth-order valence-corrected chi connectivity index (χ4v) is 2.45. The number of piperazine rings is 1. The average molecular weight is 259 g/mol. The molecule has 0 saturated carbocycles. The number of anilines is 1. The number of carbonyl (C=O) groups excluding carboxylic acids is 1. The number of benzene rings is 1. The largest absolute Gasteiger partial charge is 0.369 e. The number of nitrogens with one attached hydrogen (secondary N) is 2. The van der Waals surface area contributed by atoms with Crippen LogP contribution in [-0.4, -0.2) is 38.7 Å². The van der Waals surface area contributed by atoms with E-state index in [-0.39, 0.29) is 5.92 Å². The first-order valence-electron chi connectivity index (χ1n) is 6.85. The van der Waals surface area contributed by atoms with Crippen LogP contribution in [0.2, 0.25) is 0 Å². The molecule has 1 heterocycles. The minimum Gasteiger partial charge on any atom is -0.369 e. The van der Waals surface area contributed by atoms with Crippen molar-refractivity contribution in [3.05, 3.63) is 29.8 Å². The predicted octanol–water partition coefficient (Wildman–Crippen LogP) is 1.81. The van der Waals surface area contributed by atoms with Crippen LogP contribution in [0, 0.1) is 5.41 Å². The summed E-state index contributed by atoms with van der Waals surface area (Å²) in [6.45, 7) is 4.14. The third kappa shape index (κ3) is 3.64. The van der Waals surface area contributed by atoms with E-state index in [4.69, 9.17) is 5.41 Å². The highest BCUT2D eigenvalue weighted by atomic mass is 16.1. The summed E-state index contributed by atoms with van der Waals surface area (Å²) in [5.41, 5.74) is 2.36. The molecule has 1 fully saturated rings. The van der Waals surface area contributed by atoms with Crippen molar-refractivity contribution in [2.75, 3.05) is 31.1 Å². The molecule has 1 saturated heterocycles. The molecular formula is C15H21N3O. The molecule has 4 nitrogen and oxygen atoms in total. The maximum Gasteiger partial charge on any atom is 0.120 e. The summed E-state index contributed by atoms with van der Waals surface area (Å²) in [6, 6.07) is 8.41. The molecule has 1 aliphatic heterocycles. The van der Waals surface area contributed by atoms with Gasteiger partial charge in [-0.15, -0.1) is 0 Å². The Hall–Kier alpha value is -1.68. The van der Waals surface area contributed by atoms with Gasteiger partial charge in [0.1, 0.15) is 6.29 Å². The molecule has 19 heavy (non-hydrogen) atoms. The van der Waals surface area contributed by atoms with Crippen LogP contribution in [0.25, 0.3) is 0 Å². The van der Waals surface area contributed by atoms with Crippen molar-refractivity contribution >= 4 is 18.2 Å². The molecule has 1 aliphatic rings. The molecule has 0 aliphatic carbocycles. The fourth-order valence-electron chi connectivity index (χ4n) is 2.45. The molecule has 1 unspecified atom stereocenters. The Labute approximate surface area is 114 Å². The molecule has 0 bridgehead atoms. The lowest BCUT2D eigenvalue weighted by Gasteiger charge is -2.29. The van der Waals surface area contributed by atoms with E-state index in [0.717, 1.165) is 44.4 Å². The van der Waals surface area contributed by atoms with Gasteiger partial charge in [0.25, 0.3) is 0 Å². The minimum absolute atomic E-state index is 0.0577. The van der Waals surface area contributed by atoms with Gasteiger partial charge in [-0.05, 0) is 24.1 Å². The van der Waals surface area contributed by atoms with E-state index < -0.39 is 0 Å². The number of aldehydes is 1. The van der Waals surface area contributed by atoms with Crippen molar-refractivity contribution < 1.29 is 4.79 Å². The Kier molecular flexibility index (Phi) is 5.10. The van der Waals surface area contributed by atoms with Gasteiger partial charge in [0.15, 0.2) is 0 Å². The summed E-state index contributed by atoms with van der Waals surface area (Å²) in [4.78, 5) is 12.8. The molecule has 1 aromatic carbocycles. The predicted molar refractivity (Wildman–Crippen MR) is 78.3 cm³/mol. The summed E-state index contributed by atoms with van der Waals surface area (Å²) in [7, 11) is 0. The standard InChI is InChI=1S/C15H21N3O/c16-12-14(2-1-11-19)13-3-5-15(6-4-13)18-9-7-17-8-10-18/h3-6,11-12,14,16-17H,1-2,7-10H2. The highest BCUT2D eigenvalue weighted by Gasteiger charge is 2.12. The van der Waals surface area contributed by atoms with E-state index in [1.165, 1.54) is 11.9 Å². The smallest absolute Gasteiger partial charge is 0.120 e. The lowest BCUT2D eigenvalue weighted by atomic mass is 9.95. The SMILES string of the molecule is N=CC(CCC=O)c1ccc(N2CCNCC2)cc1. The van der Waals surface area contributed by atoms with Crippen molar-refractivity contribution in [2.24, 2.45) is 0 Å². The average Bonchev–Trinajstić information content (AvgIpc) is 2.49. The Balaban J connectivity index is 2.03. The van der Waals surface area contributed by atoms with Crippen LogP contribution in [0.1, 0.15) is 24.3 Å². The zero-order valence-electron chi connectivity index (χ0n) is 11.1. The van der Waals surface area contributed by atoms with Gasteiger partial charge in [0, 0.05) is 50.4 Å². The van der Waals surface area contributed by atoms with E-state index >= 15 is 0 Å². The monoisotopic (exact) mass is 259 g/mol. The third-order valence-electron chi connectivity index (χ3n) is 3.60. The maximum atomic E-state index is 10.4. The van der Waals surface area contributed by atoms with Crippen molar-refractivity contribution in [3.63, 3.8) is 0 Å². The molecule has 0 amide bonds. The normalized spacial score (nSPS) is 16.9. The topological polar surface area (TPSA) is 56.2 Å². The molecule has 102 valence electrons. The van der Waals surface area contributed by atoms with Crippen molar-refractivity contribution in [1.29, 1.82) is 5.41 Å². The van der Waals surface area contributed by atoms with E-state index in [0.29, 0.717) is 6.42 Å². The van der Waals surface area contributed by atoms with Gasteiger partial charge < -0.3 is 20.4 Å². The van der Waals surface area contributed by atoms with Crippen LogP contribution in [0.4, 0.5) is 5.69 Å². The maximum absolute atomic E-state index is 10.4. The first kappa shape index (κ1) is 13.7. The fraction of sp³-hybridized carbons (Fsp3) is 0.467. The van der Waals surface area contributed by atoms with Crippen LogP contribution < -0.4 is 10.2 Å². The van der Waals surface area contributed by atoms with Gasteiger partial charge in [-0.2, -0.15) is 0 Å². The van der Waals surface area contributed by atoms with Gasteiger partial charge in [-0.3, -0.25) is 0 Å². The third-order valence-corrected chi connectivity index (χ3v) is 3.60. The van der Waals surface area contributed by atoms with Crippen molar-refractivity contribution in [3.8, 4) is 0 Å². The zero-order valence-corrected chi connectivity index (χ0v) is 11.1. The zero-order chi connectivity index (χ0) is 13.5. The summed E-state index contributed by atoms with van der Waals surface area (Å²) in [6.07, 6.45) is 3.59. The van der Waals surface area contributed by atoms with Gasteiger partial charge in [0.2, 0.25) is 0 Å². The van der Waals surface area contributed by atoms with Crippen molar-refractivity contribution in [2.45, 2.75) is 18.8 Å². The number of hydrogen-bond acceptors (Lipinski definition) is 4. The highest BCUT2D eigenvalue weighted by molar-refractivity contribution is 5.66. The Morgan fingerprint density at radius 2 is 1.95 bits per heavy atom. The highest BCUT2D eigenvalue weighted by Crippen LogP contribution is 2.22. The van der Waals surface area contributed by atoms with E-state index in [1.807, 2.05) is 0 Å². The van der Waals surface area contributed by atoms with Gasteiger partial charge >= 0.3 is 0 Å². The number of hydrogen-bond donors (Lipinski definition) is 2. The summed E-state index contributed by atoms with van der Waals surface area (Å²) >= 11 is 0. The van der Waals surface area contributed by atoms with Gasteiger partial charge in [-0.25, -0.2) is 0 Å². The lowest BCUT2D eigenvalue weighted by Crippen LogP contribution is -2.43. The number of rotatable bonds is 6. The number of carbonyl (C=O) groups is 1. The molecule has 2 rings (SSSR count). The Morgan fingerprint density at radius 1 is 1.26 bits per heavy atom. The van der Waals surface area contributed by atoms with Crippen LogP contribution in [0.3, 0.4) is 0 Å². The van der Waals surface area contributed by atoms with Crippen LogP contribution in [0.15, 0.2) is 24.3 Å². The Morgan fingerprint density at radius 3 is 2.53 bits per heavy atom. The lowest BCUT2D eigenvalue weighted by molar-refractivity contribution is -0.107.